The zero-order valence-corrected chi connectivity index (χ0v) is 11.8. The third-order valence-electron chi connectivity index (χ3n) is 3.31. The number of alkyl halides is 3. The second kappa shape index (κ2) is 5.73. The maximum Gasteiger partial charge on any atom is 0.416 e. The normalized spacial score (nSPS) is 12.3. The lowest BCUT2D eigenvalue weighted by atomic mass is 9.90. The van der Waals surface area contributed by atoms with E-state index in [0.717, 1.165) is 24.6 Å². The van der Waals surface area contributed by atoms with Crippen molar-refractivity contribution < 1.29 is 18.0 Å². The summed E-state index contributed by atoms with van der Waals surface area (Å²) in [7, 11) is 0. The number of nitrogens with two attached hydrogens (primary N) is 1. The summed E-state index contributed by atoms with van der Waals surface area (Å²) in [6.45, 7) is 6.27. The number of carbonyl (C=O) groups excluding carboxylic acids is 1. The molecule has 3 N–H and O–H groups in total. The molecule has 0 fully saturated rings. The highest BCUT2D eigenvalue weighted by Crippen LogP contribution is 2.31. The van der Waals surface area contributed by atoms with Gasteiger partial charge in [-0.3, -0.25) is 4.79 Å². The summed E-state index contributed by atoms with van der Waals surface area (Å²) in [5, 5.41) is 2.62. The summed E-state index contributed by atoms with van der Waals surface area (Å²) in [4.78, 5) is 11.9. The minimum atomic E-state index is -4.49. The van der Waals surface area contributed by atoms with Crippen LogP contribution in [0.4, 0.5) is 18.9 Å². The Hall–Kier alpha value is -1.72. The number of hydrogen-bond donors (Lipinski definition) is 2. The summed E-state index contributed by atoms with van der Waals surface area (Å²) in [6.07, 6.45) is -3.66. The van der Waals surface area contributed by atoms with E-state index in [2.05, 4.69) is 5.32 Å². The first-order valence-corrected chi connectivity index (χ1v) is 6.32. The molecule has 0 saturated carbocycles. The third kappa shape index (κ3) is 4.15. The predicted octanol–water partition coefficient (Wildman–Crippen LogP) is 3.45. The average Bonchev–Trinajstić information content (AvgIpc) is 2.35. The van der Waals surface area contributed by atoms with Crippen molar-refractivity contribution in [3.63, 3.8) is 0 Å². The number of nitrogens with one attached hydrogen (secondary N) is 1. The Kier molecular flexibility index (Phi) is 4.68. The number of nitrogen functional groups attached to an aromatic ring is 1. The van der Waals surface area contributed by atoms with Crippen molar-refractivity contribution in [2.75, 3.05) is 12.3 Å². The van der Waals surface area contributed by atoms with E-state index < -0.39 is 17.6 Å². The van der Waals surface area contributed by atoms with E-state index in [4.69, 9.17) is 5.73 Å². The number of amides is 1. The number of hydrogen-bond acceptors (Lipinski definition) is 2. The number of halogens is 3. The van der Waals surface area contributed by atoms with E-state index in [-0.39, 0.29) is 16.7 Å². The molecule has 1 aromatic carbocycles. The fourth-order valence-electron chi connectivity index (χ4n) is 1.47. The van der Waals surface area contributed by atoms with Gasteiger partial charge in [0.05, 0.1) is 11.1 Å². The Morgan fingerprint density at radius 3 is 2.40 bits per heavy atom. The smallest absolute Gasteiger partial charge is 0.398 e. The monoisotopic (exact) mass is 288 g/mol. The SMILES string of the molecule is CCC(C)(C)CNC(=O)c1cc(C(F)(F)F)ccc1N. The minimum absolute atomic E-state index is 0.0322. The number of carbonyl (C=O) groups is 1. The lowest BCUT2D eigenvalue weighted by Crippen LogP contribution is -2.34. The van der Waals surface area contributed by atoms with Gasteiger partial charge in [0.2, 0.25) is 0 Å². The molecule has 0 aliphatic heterocycles. The first-order chi connectivity index (χ1) is 9.07. The van der Waals surface area contributed by atoms with Crippen LogP contribution in [0.25, 0.3) is 0 Å². The molecule has 0 spiro atoms. The molecule has 0 saturated heterocycles. The van der Waals surface area contributed by atoms with Gasteiger partial charge in [0, 0.05) is 12.2 Å². The lowest BCUT2D eigenvalue weighted by Gasteiger charge is -2.23. The summed E-state index contributed by atoms with van der Waals surface area (Å²) < 4.78 is 37.9. The molecule has 1 amide bonds. The van der Waals surface area contributed by atoms with Crippen molar-refractivity contribution in [1.82, 2.24) is 5.32 Å². The number of rotatable bonds is 4. The van der Waals surface area contributed by atoms with Crippen molar-refractivity contribution in [2.45, 2.75) is 33.4 Å². The fraction of sp³-hybridized carbons (Fsp3) is 0.500. The molecule has 6 heteroatoms. The van der Waals surface area contributed by atoms with Crippen LogP contribution in [0.2, 0.25) is 0 Å². The topological polar surface area (TPSA) is 55.1 Å². The van der Waals surface area contributed by atoms with Gasteiger partial charge in [0.15, 0.2) is 0 Å². The van der Waals surface area contributed by atoms with Crippen molar-refractivity contribution in [1.29, 1.82) is 0 Å². The maximum absolute atomic E-state index is 12.6. The Morgan fingerprint density at radius 1 is 1.30 bits per heavy atom. The van der Waals surface area contributed by atoms with E-state index in [1.807, 2.05) is 20.8 Å². The van der Waals surface area contributed by atoms with E-state index >= 15 is 0 Å². The largest absolute Gasteiger partial charge is 0.416 e. The van der Waals surface area contributed by atoms with Crippen LogP contribution in [0, 0.1) is 5.41 Å². The molecule has 0 aromatic heterocycles. The van der Waals surface area contributed by atoms with Crippen LogP contribution in [0.1, 0.15) is 43.1 Å². The molecule has 1 rings (SSSR count). The molecule has 0 bridgehead atoms. The third-order valence-corrected chi connectivity index (χ3v) is 3.31. The molecule has 0 aliphatic carbocycles. The number of anilines is 1. The van der Waals surface area contributed by atoms with E-state index in [1.165, 1.54) is 0 Å². The Bertz CT molecular complexity index is 496. The van der Waals surface area contributed by atoms with Gasteiger partial charge in [-0.05, 0) is 30.0 Å². The zero-order valence-electron chi connectivity index (χ0n) is 11.8. The summed E-state index contributed by atoms with van der Waals surface area (Å²) >= 11 is 0. The van der Waals surface area contributed by atoms with Gasteiger partial charge in [-0.15, -0.1) is 0 Å². The number of benzene rings is 1. The first kappa shape index (κ1) is 16.3. The predicted molar refractivity (Wildman–Crippen MR) is 72.3 cm³/mol. The second-order valence-corrected chi connectivity index (χ2v) is 5.50. The van der Waals surface area contributed by atoms with Crippen LogP contribution in [-0.4, -0.2) is 12.5 Å². The highest BCUT2D eigenvalue weighted by Gasteiger charge is 2.31. The molecule has 0 atom stereocenters. The molecule has 0 radical (unpaired) electrons. The van der Waals surface area contributed by atoms with Crippen LogP contribution in [0.5, 0.6) is 0 Å². The van der Waals surface area contributed by atoms with Gasteiger partial charge in [0.25, 0.3) is 5.91 Å². The molecule has 112 valence electrons. The molecule has 0 aliphatic rings. The van der Waals surface area contributed by atoms with Crippen LogP contribution in [0.15, 0.2) is 18.2 Å². The minimum Gasteiger partial charge on any atom is -0.398 e. The van der Waals surface area contributed by atoms with Gasteiger partial charge < -0.3 is 11.1 Å². The van der Waals surface area contributed by atoms with Crippen molar-refractivity contribution in [3.8, 4) is 0 Å². The highest BCUT2D eigenvalue weighted by molar-refractivity contribution is 5.99. The van der Waals surface area contributed by atoms with Crippen LogP contribution < -0.4 is 11.1 Å². The fourth-order valence-corrected chi connectivity index (χ4v) is 1.47. The van der Waals surface area contributed by atoms with E-state index in [0.29, 0.717) is 6.54 Å². The highest BCUT2D eigenvalue weighted by atomic mass is 19.4. The van der Waals surface area contributed by atoms with Crippen molar-refractivity contribution >= 4 is 11.6 Å². The molecule has 3 nitrogen and oxygen atoms in total. The van der Waals surface area contributed by atoms with Crippen LogP contribution in [0.3, 0.4) is 0 Å². The zero-order chi connectivity index (χ0) is 15.6. The van der Waals surface area contributed by atoms with E-state index in [9.17, 15) is 18.0 Å². The molecular weight excluding hydrogens is 269 g/mol. The Morgan fingerprint density at radius 2 is 1.90 bits per heavy atom. The molecule has 0 heterocycles. The maximum atomic E-state index is 12.6. The summed E-state index contributed by atoms with van der Waals surface area (Å²) in [5.74, 6) is -0.588. The van der Waals surface area contributed by atoms with Crippen LogP contribution >= 0.6 is 0 Å². The molecule has 1 aromatic rings. The lowest BCUT2D eigenvalue weighted by molar-refractivity contribution is -0.137. The molecule has 0 unspecified atom stereocenters. The quantitative estimate of drug-likeness (QED) is 0.834. The molecular formula is C14H19F3N2O. The van der Waals surface area contributed by atoms with E-state index in [1.54, 1.807) is 0 Å². The van der Waals surface area contributed by atoms with Crippen molar-refractivity contribution in [2.24, 2.45) is 5.41 Å². The molecule has 20 heavy (non-hydrogen) atoms. The standard InChI is InChI=1S/C14H19F3N2O/c1-4-13(2,3)8-19-12(20)10-7-9(14(15,16)17)5-6-11(10)18/h5-7H,4,8,18H2,1-3H3,(H,19,20). The Balaban J connectivity index is 2.93. The van der Waals surface area contributed by atoms with Gasteiger partial charge >= 0.3 is 6.18 Å². The van der Waals surface area contributed by atoms with Crippen LogP contribution in [-0.2, 0) is 6.18 Å². The Labute approximate surface area is 116 Å². The average molecular weight is 288 g/mol. The van der Waals surface area contributed by atoms with Gasteiger partial charge in [-0.2, -0.15) is 13.2 Å². The summed E-state index contributed by atoms with van der Waals surface area (Å²) in [6, 6.07) is 2.74. The second-order valence-electron chi connectivity index (χ2n) is 5.50. The van der Waals surface area contributed by atoms with Gasteiger partial charge in [-0.1, -0.05) is 20.8 Å². The van der Waals surface area contributed by atoms with Gasteiger partial charge in [-0.25, -0.2) is 0 Å². The van der Waals surface area contributed by atoms with Crippen molar-refractivity contribution in [3.05, 3.63) is 29.3 Å². The first-order valence-electron chi connectivity index (χ1n) is 6.32. The van der Waals surface area contributed by atoms with Gasteiger partial charge in [0.1, 0.15) is 0 Å². The summed E-state index contributed by atoms with van der Waals surface area (Å²) in [5.41, 5.74) is 4.46.